The molecular formula is C17H26O12. The molecule has 2 fully saturated rings. The zero-order chi connectivity index (χ0) is 21.7. The Morgan fingerprint density at radius 3 is 2.34 bits per heavy atom. The van der Waals surface area contributed by atoms with Gasteiger partial charge in [-0.3, -0.25) is 0 Å². The Bertz CT molecular complexity index is 652. The lowest BCUT2D eigenvalue weighted by molar-refractivity contribution is -0.347. The highest BCUT2D eigenvalue weighted by atomic mass is 16.8. The number of carbonyl (C=O) groups is 1. The summed E-state index contributed by atoms with van der Waals surface area (Å²) in [6, 6.07) is 0. The summed E-state index contributed by atoms with van der Waals surface area (Å²) in [6.45, 7) is 0.813. The Balaban J connectivity index is 1.91. The van der Waals surface area contributed by atoms with E-state index in [0.717, 1.165) is 13.4 Å². The van der Waals surface area contributed by atoms with Crippen molar-refractivity contribution in [3.05, 3.63) is 11.8 Å². The van der Waals surface area contributed by atoms with E-state index in [0.29, 0.717) is 0 Å². The van der Waals surface area contributed by atoms with Crippen molar-refractivity contribution < 1.29 is 59.5 Å². The zero-order valence-corrected chi connectivity index (χ0v) is 15.7. The number of ether oxygens (including phenoxy) is 4. The molecule has 11 atom stereocenters. The third-order valence-corrected chi connectivity index (χ3v) is 5.95. The maximum Gasteiger partial charge on any atom is 0.339 e. The van der Waals surface area contributed by atoms with Crippen LogP contribution in [0.5, 0.6) is 0 Å². The maximum atomic E-state index is 12.1. The van der Waals surface area contributed by atoms with Crippen molar-refractivity contribution in [1.29, 1.82) is 0 Å². The van der Waals surface area contributed by atoms with Crippen LogP contribution in [0.25, 0.3) is 0 Å². The van der Waals surface area contributed by atoms with Gasteiger partial charge in [0.25, 0.3) is 0 Å². The summed E-state index contributed by atoms with van der Waals surface area (Å²) in [5, 5.41) is 71.1. The third kappa shape index (κ3) is 3.34. The van der Waals surface area contributed by atoms with Gasteiger partial charge in [-0.1, -0.05) is 6.92 Å². The molecule has 3 rings (SSSR count). The lowest BCUT2D eigenvalue weighted by Gasteiger charge is -2.45. The molecule has 0 aromatic rings. The molecule has 0 amide bonds. The van der Waals surface area contributed by atoms with E-state index < -0.39 is 84.8 Å². The maximum absolute atomic E-state index is 12.1. The molecule has 1 saturated heterocycles. The van der Waals surface area contributed by atoms with Gasteiger partial charge in [0.1, 0.15) is 48.0 Å². The van der Waals surface area contributed by atoms with Crippen LogP contribution in [0, 0.1) is 11.8 Å². The van der Waals surface area contributed by atoms with Crippen molar-refractivity contribution in [3.8, 4) is 0 Å². The Morgan fingerprint density at radius 1 is 1.10 bits per heavy atom. The normalized spacial score (nSPS) is 49.8. The van der Waals surface area contributed by atoms with Crippen LogP contribution in [0.3, 0.4) is 0 Å². The van der Waals surface area contributed by atoms with Gasteiger partial charge < -0.3 is 54.7 Å². The van der Waals surface area contributed by atoms with E-state index >= 15 is 0 Å². The molecule has 3 aliphatic rings. The highest BCUT2D eigenvalue weighted by Crippen LogP contribution is 2.50. The molecule has 1 aliphatic carbocycles. The second-order valence-corrected chi connectivity index (χ2v) is 7.51. The molecule has 2 heterocycles. The second-order valence-electron chi connectivity index (χ2n) is 7.51. The summed E-state index contributed by atoms with van der Waals surface area (Å²) in [5.41, 5.74) is -2.71. The first kappa shape index (κ1) is 22.3. The summed E-state index contributed by atoms with van der Waals surface area (Å²) in [4.78, 5) is 12.1. The number of aliphatic hydroxyl groups excluding tert-OH is 6. The van der Waals surface area contributed by atoms with Crippen molar-refractivity contribution in [2.45, 2.75) is 61.7 Å². The Labute approximate surface area is 165 Å². The number of hydrogen-bond acceptors (Lipinski definition) is 12. The average Bonchev–Trinajstić information content (AvgIpc) is 2.88. The highest BCUT2D eigenvalue weighted by Gasteiger charge is 2.66. The number of hydrogen-bond donors (Lipinski definition) is 7. The predicted octanol–water partition coefficient (Wildman–Crippen LogP) is -4.07. The van der Waals surface area contributed by atoms with E-state index in [1.165, 1.54) is 6.92 Å². The van der Waals surface area contributed by atoms with Crippen molar-refractivity contribution >= 4 is 5.97 Å². The van der Waals surface area contributed by atoms with E-state index in [-0.39, 0.29) is 0 Å². The molecule has 0 aromatic carbocycles. The lowest BCUT2D eigenvalue weighted by Crippen LogP contribution is -2.61. The molecule has 7 N–H and O–H groups in total. The number of aliphatic hydroxyl groups is 7. The van der Waals surface area contributed by atoms with Crippen LogP contribution >= 0.6 is 0 Å². The SMILES string of the molecule is COC(=O)C1=CO[C@@H](OC2O[C@H](CO)[C@@H](O)[C@H](O)[C@H]2O)C2[C@@H](C)[C@@H](O)[C@@H](O)[C@]12O. The first-order valence-corrected chi connectivity index (χ1v) is 9.08. The summed E-state index contributed by atoms with van der Waals surface area (Å²) in [5.74, 6) is -3.01. The molecule has 0 bridgehead atoms. The average molecular weight is 422 g/mol. The van der Waals surface area contributed by atoms with Crippen LogP contribution in [0.15, 0.2) is 11.8 Å². The summed E-state index contributed by atoms with van der Waals surface area (Å²) in [7, 11) is 1.07. The zero-order valence-electron chi connectivity index (χ0n) is 15.7. The topological polar surface area (TPSA) is 196 Å². The standard InChI is InChI=1S/C17H26O12/c1-5-8-15(29-16-12(22)11(21)10(20)7(3-18)28-16)27-4-6(14(24)26-2)17(8,25)13(23)9(5)19/h4-5,7-13,15-16,18-23,25H,3H2,1-2H3/t5-,7-,8?,9-,10-,11+,12-,13-,15+,16?,17+/m1/s1. The van der Waals surface area contributed by atoms with Gasteiger partial charge in [-0.25, -0.2) is 4.79 Å². The quantitative estimate of drug-likeness (QED) is 0.217. The van der Waals surface area contributed by atoms with Crippen LogP contribution in [0.1, 0.15) is 6.92 Å². The fourth-order valence-electron chi connectivity index (χ4n) is 4.22. The van der Waals surface area contributed by atoms with Gasteiger partial charge in [0, 0.05) is 0 Å². The van der Waals surface area contributed by atoms with Crippen LogP contribution in [-0.2, 0) is 23.7 Å². The minimum Gasteiger partial charge on any atom is -0.471 e. The summed E-state index contributed by atoms with van der Waals surface area (Å²) < 4.78 is 20.8. The van der Waals surface area contributed by atoms with Crippen molar-refractivity contribution in [2.75, 3.05) is 13.7 Å². The molecule has 12 heteroatoms. The fraction of sp³-hybridized carbons (Fsp3) is 0.824. The van der Waals surface area contributed by atoms with Crippen molar-refractivity contribution in [2.24, 2.45) is 11.8 Å². The van der Waals surface area contributed by atoms with Crippen LogP contribution < -0.4 is 0 Å². The Morgan fingerprint density at radius 2 is 1.76 bits per heavy atom. The van der Waals surface area contributed by atoms with Gasteiger partial charge in [0.05, 0.1) is 25.7 Å². The highest BCUT2D eigenvalue weighted by molar-refractivity contribution is 5.91. The lowest BCUT2D eigenvalue weighted by atomic mass is 9.78. The molecule has 166 valence electrons. The van der Waals surface area contributed by atoms with E-state index in [1.54, 1.807) is 0 Å². The van der Waals surface area contributed by atoms with Gasteiger partial charge in [-0.05, 0) is 5.92 Å². The molecule has 29 heavy (non-hydrogen) atoms. The Kier molecular flexibility index (Phi) is 6.21. The largest absolute Gasteiger partial charge is 0.471 e. The first-order chi connectivity index (χ1) is 13.6. The van der Waals surface area contributed by atoms with Gasteiger partial charge >= 0.3 is 5.97 Å². The van der Waals surface area contributed by atoms with E-state index in [4.69, 9.17) is 14.2 Å². The Hall–Kier alpha value is -1.35. The molecule has 0 aromatic heterocycles. The molecule has 2 unspecified atom stereocenters. The number of rotatable bonds is 4. The van der Waals surface area contributed by atoms with Gasteiger partial charge in [-0.15, -0.1) is 0 Å². The van der Waals surface area contributed by atoms with E-state index in [1.807, 2.05) is 0 Å². The smallest absolute Gasteiger partial charge is 0.339 e. The van der Waals surface area contributed by atoms with Crippen LogP contribution in [0.4, 0.5) is 0 Å². The van der Waals surface area contributed by atoms with Gasteiger partial charge in [0.15, 0.2) is 6.29 Å². The van der Waals surface area contributed by atoms with Crippen LogP contribution in [-0.4, -0.2) is 110 Å². The van der Waals surface area contributed by atoms with E-state index in [9.17, 15) is 40.5 Å². The molecule has 12 nitrogen and oxygen atoms in total. The number of esters is 1. The minimum atomic E-state index is -2.29. The third-order valence-electron chi connectivity index (χ3n) is 5.95. The molecule has 0 spiro atoms. The molecular weight excluding hydrogens is 396 g/mol. The first-order valence-electron chi connectivity index (χ1n) is 9.08. The number of fused-ring (bicyclic) bond motifs is 1. The van der Waals surface area contributed by atoms with E-state index in [2.05, 4.69) is 4.74 Å². The predicted molar refractivity (Wildman–Crippen MR) is 89.4 cm³/mol. The summed E-state index contributed by atoms with van der Waals surface area (Å²) in [6.07, 6.45) is -11.7. The second kappa shape index (κ2) is 8.06. The molecule has 0 radical (unpaired) electrons. The minimum absolute atomic E-state index is 0.422. The fourth-order valence-corrected chi connectivity index (χ4v) is 4.22. The number of carbonyl (C=O) groups excluding carboxylic acids is 1. The van der Waals surface area contributed by atoms with Crippen molar-refractivity contribution in [3.63, 3.8) is 0 Å². The van der Waals surface area contributed by atoms with Gasteiger partial charge in [-0.2, -0.15) is 0 Å². The van der Waals surface area contributed by atoms with Crippen molar-refractivity contribution in [1.82, 2.24) is 0 Å². The van der Waals surface area contributed by atoms with Gasteiger partial charge in [0.2, 0.25) is 6.29 Å². The molecule has 2 aliphatic heterocycles. The number of methoxy groups -OCH3 is 1. The monoisotopic (exact) mass is 422 g/mol. The van der Waals surface area contributed by atoms with Crippen LogP contribution in [0.2, 0.25) is 0 Å². The molecule has 1 saturated carbocycles. The summed E-state index contributed by atoms with van der Waals surface area (Å²) >= 11 is 0.